The molecule has 2 aromatic carbocycles. The molecule has 2 N–H and O–H groups in total. The van der Waals surface area contributed by atoms with E-state index in [1.807, 2.05) is 33.9 Å². The summed E-state index contributed by atoms with van der Waals surface area (Å²) in [6.45, 7) is 8.01. The molecule has 0 unspecified atom stereocenters. The highest BCUT2D eigenvalue weighted by atomic mass is 35.5. The standard InChI is InChI=1S/C33H40ClFN6O4/c1-33(2,3)45-32(43)41-14-11-23(12-15-41)40(4)13-5-6-30(42)39-28-17-24-27(18-29(28)44-19-21-7-8-21)36-20-37-31(24)38-22-9-10-26(35)25(34)16-22/h5-6,9-10,16-18,20-21,23H,7-8,11-15,19H2,1-4H3,(H,39,42)(H,36,37,38). The molecule has 240 valence electrons. The summed E-state index contributed by atoms with van der Waals surface area (Å²) in [5.41, 5.74) is 1.16. The Morgan fingerprint density at radius 1 is 1.13 bits per heavy atom. The van der Waals surface area contributed by atoms with Crippen LogP contribution in [0.15, 0.2) is 48.8 Å². The first kappa shape index (κ1) is 32.4. The van der Waals surface area contributed by atoms with Crippen LogP contribution in [0.5, 0.6) is 5.75 Å². The Morgan fingerprint density at radius 3 is 2.58 bits per heavy atom. The van der Waals surface area contributed by atoms with Gasteiger partial charge < -0.3 is 25.0 Å². The summed E-state index contributed by atoms with van der Waals surface area (Å²) in [6.07, 6.45) is 8.42. The Balaban J connectivity index is 1.23. The Hall–Kier alpha value is -3.96. The van der Waals surface area contributed by atoms with Gasteiger partial charge in [0.1, 0.15) is 29.3 Å². The smallest absolute Gasteiger partial charge is 0.410 e. The normalized spacial score (nSPS) is 15.9. The highest BCUT2D eigenvalue weighted by Crippen LogP contribution is 2.36. The quantitative estimate of drug-likeness (QED) is 0.234. The fraction of sp³-hybridized carbons (Fsp3) is 0.455. The topological polar surface area (TPSA) is 109 Å². The van der Waals surface area contributed by atoms with Crippen molar-refractivity contribution in [1.29, 1.82) is 0 Å². The van der Waals surface area contributed by atoms with Gasteiger partial charge in [-0.25, -0.2) is 19.2 Å². The highest BCUT2D eigenvalue weighted by Gasteiger charge is 2.28. The number of carbonyl (C=O) groups excluding carboxylic acids is 2. The molecule has 45 heavy (non-hydrogen) atoms. The summed E-state index contributed by atoms with van der Waals surface area (Å²) in [5.74, 6) is 0.707. The molecule has 1 saturated carbocycles. The summed E-state index contributed by atoms with van der Waals surface area (Å²) in [5, 5.41) is 6.77. The van der Waals surface area contributed by atoms with Crippen LogP contribution in [0.1, 0.15) is 46.5 Å². The molecule has 2 amide bonds. The maximum absolute atomic E-state index is 13.7. The maximum atomic E-state index is 13.7. The monoisotopic (exact) mass is 638 g/mol. The van der Waals surface area contributed by atoms with Gasteiger partial charge >= 0.3 is 6.09 Å². The number of fused-ring (bicyclic) bond motifs is 1. The lowest BCUT2D eigenvalue weighted by atomic mass is 10.0. The number of piperidine rings is 1. The van der Waals surface area contributed by atoms with Crippen molar-refractivity contribution in [2.45, 2.75) is 58.1 Å². The van der Waals surface area contributed by atoms with Crippen LogP contribution < -0.4 is 15.4 Å². The van der Waals surface area contributed by atoms with E-state index in [2.05, 4.69) is 25.5 Å². The number of aromatic nitrogens is 2. The second-order valence-electron chi connectivity index (χ2n) is 12.6. The summed E-state index contributed by atoms with van der Waals surface area (Å²) < 4.78 is 25.3. The van der Waals surface area contributed by atoms with Crippen molar-refractivity contribution in [1.82, 2.24) is 19.8 Å². The molecule has 10 nitrogen and oxygen atoms in total. The molecule has 12 heteroatoms. The van der Waals surface area contributed by atoms with E-state index in [9.17, 15) is 14.0 Å². The van der Waals surface area contributed by atoms with Crippen molar-refractivity contribution >= 4 is 51.7 Å². The molecule has 0 bridgehead atoms. The Morgan fingerprint density at radius 2 is 1.89 bits per heavy atom. The summed E-state index contributed by atoms with van der Waals surface area (Å²) in [4.78, 5) is 38.2. The number of carbonyl (C=O) groups is 2. The number of hydrogen-bond donors (Lipinski definition) is 2. The van der Waals surface area contributed by atoms with Crippen LogP contribution in [0.4, 0.5) is 26.4 Å². The molecule has 0 radical (unpaired) electrons. The van der Waals surface area contributed by atoms with Crippen LogP contribution >= 0.6 is 11.6 Å². The fourth-order valence-electron chi connectivity index (χ4n) is 5.07. The number of rotatable bonds is 10. The highest BCUT2D eigenvalue weighted by molar-refractivity contribution is 6.31. The van der Waals surface area contributed by atoms with Crippen LogP contribution in [0.25, 0.3) is 10.9 Å². The third-order valence-electron chi connectivity index (χ3n) is 7.75. The predicted molar refractivity (Wildman–Crippen MR) is 174 cm³/mol. The van der Waals surface area contributed by atoms with Crippen molar-refractivity contribution < 1.29 is 23.5 Å². The number of benzene rings is 2. The molecular formula is C33H40ClFN6O4. The molecular weight excluding hydrogens is 599 g/mol. The minimum absolute atomic E-state index is 0.00855. The minimum Gasteiger partial charge on any atom is -0.491 e. The molecule has 3 aromatic rings. The van der Waals surface area contributed by atoms with Gasteiger partial charge in [0.15, 0.2) is 0 Å². The van der Waals surface area contributed by atoms with E-state index in [4.69, 9.17) is 21.1 Å². The molecule has 2 fully saturated rings. The zero-order valence-electron chi connectivity index (χ0n) is 26.1. The lowest BCUT2D eigenvalue weighted by Crippen LogP contribution is -2.47. The Kier molecular flexibility index (Phi) is 10.1. The molecule has 2 heterocycles. The van der Waals surface area contributed by atoms with Crippen LogP contribution in [0.3, 0.4) is 0 Å². The molecule has 0 spiro atoms. The van der Waals surface area contributed by atoms with Crippen LogP contribution in [0.2, 0.25) is 5.02 Å². The maximum Gasteiger partial charge on any atom is 0.410 e. The first-order chi connectivity index (χ1) is 21.4. The lowest BCUT2D eigenvalue weighted by Gasteiger charge is -2.37. The molecule has 2 aliphatic rings. The van der Waals surface area contributed by atoms with Gasteiger partial charge in [0.2, 0.25) is 5.91 Å². The lowest BCUT2D eigenvalue weighted by molar-refractivity contribution is -0.112. The number of ether oxygens (including phenoxy) is 2. The molecule has 0 atom stereocenters. The van der Waals surface area contributed by atoms with Crippen molar-refractivity contribution in [2.75, 3.05) is 43.9 Å². The van der Waals surface area contributed by atoms with Crippen molar-refractivity contribution in [3.63, 3.8) is 0 Å². The first-order valence-corrected chi connectivity index (χ1v) is 15.6. The van der Waals surface area contributed by atoms with Crippen LogP contribution in [-0.4, -0.2) is 76.7 Å². The van der Waals surface area contributed by atoms with Crippen molar-refractivity contribution in [3.8, 4) is 5.75 Å². The number of nitrogens with one attached hydrogen (secondary N) is 2. The zero-order chi connectivity index (χ0) is 32.1. The van der Waals surface area contributed by atoms with Gasteiger partial charge in [-0.15, -0.1) is 0 Å². The third-order valence-corrected chi connectivity index (χ3v) is 8.04. The number of nitrogens with zero attached hydrogens (tertiary/aromatic N) is 4. The van der Waals surface area contributed by atoms with E-state index in [0.29, 0.717) is 72.0 Å². The summed E-state index contributed by atoms with van der Waals surface area (Å²) >= 11 is 5.97. The molecule has 1 aliphatic heterocycles. The number of likely N-dealkylation sites (N-methyl/N-ethyl adjacent to an activating group) is 1. The number of anilines is 3. The van der Waals surface area contributed by atoms with Crippen LogP contribution in [-0.2, 0) is 9.53 Å². The summed E-state index contributed by atoms with van der Waals surface area (Å²) in [6, 6.07) is 8.19. The van der Waals surface area contributed by atoms with E-state index >= 15 is 0 Å². The van der Waals surface area contributed by atoms with Gasteiger partial charge in [0.25, 0.3) is 0 Å². The first-order valence-electron chi connectivity index (χ1n) is 15.2. The van der Waals surface area contributed by atoms with Crippen molar-refractivity contribution in [2.24, 2.45) is 5.92 Å². The van der Waals surface area contributed by atoms with Crippen LogP contribution in [0, 0.1) is 11.7 Å². The summed E-state index contributed by atoms with van der Waals surface area (Å²) in [7, 11) is 2.02. The molecule has 1 aromatic heterocycles. The average Bonchev–Trinajstić information content (AvgIpc) is 3.82. The number of hydrogen-bond acceptors (Lipinski definition) is 8. The SMILES string of the molecule is CN(CC=CC(=O)Nc1cc2c(Nc3ccc(F)c(Cl)c3)ncnc2cc1OCC1CC1)C1CCN(C(=O)OC(C)(C)C)CC1. The van der Waals surface area contributed by atoms with Gasteiger partial charge in [-0.3, -0.25) is 9.69 Å². The molecule has 5 rings (SSSR count). The molecule has 1 saturated heterocycles. The predicted octanol–water partition coefficient (Wildman–Crippen LogP) is 6.78. The van der Waals surface area contributed by atoms with E-state index in [1.54, 1.807) is 23.1 Å². The van der Waals surface area contributed by atoms with E-state index in [0.717, 1.165) is 25.7 Å². The molecule has 1 aliphatic carbocycles. The largest absolute Gasteiger partial charge is 0.491 e. The van der Waals surface area contributed by atoms with Gasteiger partial charge in [-0.2, -0.15) is 0 Å². The fourth-order valence-corrected chi connectivity index (χ4v) is 5.25. The van der Waals surface area contributed by atoms with Crippen molar-refractivity contribution in [3.05, 3.63) is 59.7 Å². The Bertz CT molecular complexity index is 1570. The number of amides is 2. The number of likely N-dealkylation sites (tertiary alicyclic amines) is 1. The second-order valence-corrected chi connectivity index (χ2v) is 13.0. The third kappa shape index (κ3) is 9.04. The minimum atomic E-state index is -0.515. The average molecular weight is 639 g/mol. The van der Waals surface area contributed by atoms with E-state index < -0.39 is 11.4 Å². The van der Waals surface area contributed by atoms with Gasteiger partial charge in [0, 0.05) is 48.9 Å². The number of halogens is 2. The second kappa shape index (κ2) is 14.0. The van der Waals surface area contributed by atoms with Gasteiger partial charge in [-0.1, -0.05) is 17.7 Å². The van der Waals surface area contributed by atoms with E-state index in [1.165, 1.54) is 24.5 Å². The van der Waals surface area contributed by atoms with E-state index in [-0.39, 0.29) is 17.0 Å². The van der Waals surface area contributed by atoms with Gasteiger partial charge in [0.05, 0.1) is 22.8 Å². The van der Waals surface area contributed by atoms with Gasteiger partial charge in [-0.05, 0) is 83.7 Å². The zero-order valence-corrected chi connectivity index (χ0v) is 26.9. The Labute approximate surface area is 267 Å².